The highest BCUT2D eigenvalue weighted by molar-refractivity contribution is 6.30. The van der Waals surface area contributed by atoms with Crippen LogP contribution in [-0.4, -0.2) is 18.4 Å². The quantitative estimate of drug-likeness (QED) is 0.497. The molecule has 166 valence electrons. The molecule has 4 nitrogen and oxygen atoms in total. The van der Waals surface area contributed by atoms with Crippen LogP contribution in [0, 0.1) is 5.82 Å². The summed E-state index contributed by atoms with van der Waals surface area (Å²) in [4.78, 5) is 24.6. The van der Waals surface area contributed by atoms with E-state index in [0.29, 0.717) is 10.6 Å². The minimum absolute atomic E-state index is 0.159. The Morgan fingerprint density at radius 2 is 1.56 bits per heavy atom. The summed E-state index contributed by atoms with van der Waals surface area (Å²) >= 11 is 5.90. The number of nitrogens with one attached hydrogen (secondary N) is 2. The van der Waals surface area contributed by atoms with Crippen molar-refractivity contribution in [3.63, 3.8) is 0 Å². The first-order valence-electron chi connectivity index (χ1n) is 9.39. The molecular formula is C23H17ClF4N2O2. The van der Waals surface area contributed by atoms with Gasteiger partial charge in [0, 0.05) is 10.6 Å². The number of alkyl halides is 3. The normalized spacial score (nSPS) is 12.2. The van der Waals surface area contributed by atoms with Crippen LogP contribution >= 0.6 is 11.6 Å². The number of hydrogen-bond acceptors (Lipinski definition) is 2. The van der Waals surface area contributed by atoms with E-state index in [-0.39, 0.29) is 11.1 Å². The van der Waals surface area contributed by atoms with E-state index in [1.54, 1.807) is 24.3 Å². The molecule has 2 N–H and O–H groups in total. The molecule has 0 heterocycles. The molecule has 1 unspecified atom stereocenters. The molecule has 32 heavy (non-hydrogen) atoms. The largest absolute Gasteiger partial charge is 0.416 e. The lowest BCUT2D eigenvalue weighted by atomic mass is 9.97. The monoisotopic (exact) mass is 464 g/mol. The number of benzene rings is 3. The van der Waals surface area contributed by atoms with E-state index in [2.05, 4.69) is 10.6 Å². The van der Waals surface area contributed by atoms with Crippen LogP contribution in [0.5, 0.6) is 0 Å². The SMILES string of the molecule is O=C(CNC(=O)c1ccc(F)cc1)NC(c1ccc(Cl)cc1)c1cccc(C(F)(F)F)c1. The lowest BCUT2D eigenvalue weighted by Crippen LogP contribution is -2.39. The molecule has 0 aliphatic rings. The van der Waals surface area contributed by atoms with E-state index in [9.17, 15) is 27.2 Å². The van der Waals surface area contributed by atoms with Crippen LogP contribution in [-0.2, 0) is 11.0 Å². The van der Waals surface area contributed by atoms with Gasteiger partial charge in [-0.15, -0.1) is 0 Å². The van der Waals surface area contributed by atoms with Crippen molar-refractivity contribution in [3.8, 4) is 0 Å². The molecule has 0 radical (unpaired) electrons. The Hall–Kier alpha value is -3.39. The predicted octanol–water partition coefficient (Wildman–Crippen LogP) is 5.13. The van der Waals surface area contributed by atoms with Gasteiger partial charge < -0.3 is 10.6 Å². The van der Waals surface area contributed by atoms with Crippen molar-refractivity contribution in [2.45, 2.75) is 12.2 Å². The summed E-state index contributed by atoms with van der Waals surface area (Å²) in [5.41, 5.74) is 0.0199. The molecule has 3 aromatic carbocycles. The molecule has 0 saturated heterocycles. The topological polar surface area (TPSA) is 58.2 Å². The molecule has 0 fully saturated rings. The van der Waals surface area contributed by atoms with E-state index >= 15 is 0 Å². The summed E-state index contributed by atoms with van der Waals surface area (Å²) < 4.78 is 52.5. The van der Waals surface area contributed by atoms with E-state index in [1.807, 2.05) is 0 Å². The molecule has 0 saturated carbocycles. The van der Waals surface area contributed by atoms with Crippen molar-refractivity contribution in [1.29, 1.82) is 0 Å². The van der Waals surface area contributed by atoms with E-state index < -0.39 is 42.0 Å². The molecule has 3 aromatic rings. The molecule has 1 atom stereocenters. The minimum atomic E-state index is -4.55. The number of amides is 2. The summed E-state index contributed by atoms with van der Waals surface area (Å²) in [6, 6.07) is 14.7. The van der Waals surface area contributed by atoms with Crippen molar-refractivity contribution in [1.82, 2.24) is 10.6 Å². The summed E-state index contributed by atoms with van der Waals surface area (Å²) in [6.45, 7) is -0.431. The summed E-state index contributed by atoms with van der Waals surface area (Å²) in [7, 11) is 0. The fourth-order valence-corrected chi connectivity index (χ4v) is 3.11. The van der Waals surface area contributed by atoms with Gasteiger partial charge in [0.25, 0.3) is 5.91 Å². The Balaban J connectivity index is 1.78. The second-order valence-electron chi connectivity index (χ2n) is 6.86. The van der Waals surface area contributed by atoms with Crippen LogP contribution in [0.25, 0.3) is 0 Å². The fraction of sp³-hybridized carbons (Fsp3) is 0.130. The Kier molecular flexibility index (Phi) is 7.15. The van der Waals surface area contributed by atoms with Gasteiger partial charge >= 0.3 is 6.18 Å². The van der Waals surface area contributed by atoms with Crippen molar-refractivity contribution in [2.24, 2.45) is 0 Å². The summed E-state index contributed by atoms with van der Waals surface area (Å²) in [5, 5.41) is 5.46. The van der Waals surface area contributed by atoms with Gasteiger partial charge in [-0.2, -0.15) is 13.2 Å². The van der Waals surface area contributed by atoms with Crippen LogP contribution in [0.2, 0.25) is 5.02 Å². The third kappa shape index (κ3) is 6.07. The van der Waals surface area contributed by atoms with Gasteiger partial charge in [-0.25, -0.2) is 4.39 Å². The average Bonchev–Trinajstić information content (AvgIpc) is 2.76. The molecule has 0 aliphatic heterocycles. The Morgan fingerprint density at radius 1 is 0.906 bits per heavy atom. The highest BCUT2D eigenvalue weighted by Gasteiger charge is 2.31. The summed E-state index contributed by atoms with van der Waals surface area (Å²) in [5.74, 6) is -1.73. The van der Waals surface area contributed by atoms with Crippen LogP contribution < -0.4 is 10.6 Å². The maximum atomic E-state index is 13.2. The maximum absolute atomic E-state index is 13.2. The van der Waals surface area contributed by atoms with Crippen LogP contribution in [0.3, 0.4) is 0 Å². The minimum Gasteiger partial charge on any atom is -0.344 e. The van der Waals surface area contributed by atoms with Crippen molar-refractivity contribution < 1.29 is 27.2 Å². The van der Waals surface area contributed by atoms with Crippen molar-refractivity contribution in [2.75, 3.05) is 6.54 Å². The second kappa shape index (κ2) is 9.82. The fourth-order valence-electron chi connectivity index (χ4n) is 2.98. The number of carbonyl (C=O) groups is 2. The Labute approximate surface area is 186 Å². The molecule has 0 spiro atoms. The molecule has 3 rings (SSSR count). The Bertz CT molecular complexity index is 1100. The zero-order valence-corrected chi connectivity index (χ0v) is 17.2. The van der Waals surface area contributed by atoms with Gasteiger partial charge in [-0.1, -0.05) is 35.9 Å². The standard InChI is InChI=1S/C23H17ClF4N2O2/c24-18-8-4-14(5-9-18)21(16-2-1-3-17(12-16)23(26,27)28)30-20(31)13-29-22(32)15-6-10-19(25)11-7-15/h1-12,21H,13H2,(H,29,32)(H,30,31). The van der Waals surface area contributed by atoms with E-state index in [1.165, 1.54) is 24.3 Å². The van der Waals surface area contributed by atoms with Crippen LogP contribution in [0.1, 0.15) is 33.1 Å². The van der Waals surface area contributed by atoms with E-state index in [4.69, 9.17) is 11.6 Å². The van der Waals surface area contributed by atoms with Gasteiger partial charge in [-0.3, -0.25) is 9.59 Å². The maximum Gasteiger partial charge on any atom is 0.416 e. The molecule has 0 aromatic heterocycles. The molecule has 0 bridgehead atoms. The first-order valence-corrected chi connectivity index (χ1v) is 9.77. The zero-order chi connectivity index (χ0) is 23.3. The average molecular weight is 465 g/mol. The van der Waals surface area contributed by atoms with Crippen molar-refractivity contribution >= 4 is 23.4 Å². The van der Waals surface area contributed by atoms with Gasteiger partial charge in [-0.05, 0) is 59.7 Å². The van der Waals surface area contributed by atoms with Gasteiger partial charge in [0.2, 0.25) is 5.91 Å². The molecule has 9 heteroatoms. The lowest BCUT2D eigenvalue weighted by Gasteiger charge is -2.21. The van der Waals surface area contributed by atoms with Crippen molar-refractivity contribution in [3.05, 3.63) is 106 Å². The second-order valence-corrected chi connectivity index (χ2v) is 7.30. The summed E-state index contributed by atoms with van der Waals surface area (Å²) in [6.07, 6.45) is -4.55. The lowest BCUT2D eigenvalue weighted by molar-refractivity contribution is -0.137. The molecule has 0 aliphatic carbocycles. The predicted molar refractivity (Wildman–Crippen MR) is 112 cm³/mol. The zero-order valence-electron chi connectivity index (χ0n) is 16.4. The number of hydrogen-bond donors (Lipinski definition) is 2. The number of rotatable bonds is 6. The highest BCUT2D eigenvalue weighted by atomic mass is 35.5. The first-order chi connectivity index (χ1) is 15.1. The van der Waals surface area contributed by atoms with Crippen LogP contribution in [0.15, 0.2) is 72.8 Å². The van der Waals surface area contributed by atoms with Gasteiger partial charge in [0.1, 0.15) is 5.82 Å². The smallest absolute Gasteiger partial charge is 0.344 e. The Morgan fingerprint density at radius 3 is 2.19 bits per heavy atom. The van der Waals surface area contributed by atoms with Crippen LogP contribution in [0.4, 0.5) is 17.6 Å². The van der Waals surface area contributed by atoms with Gasteiger partial charge in [0.15, 0.2) is 0 Å². The third-order valence-corrected chi connectivity index (χ3v) is 4.82. The number of carbonyl (C=O) groups excluding carboxylic acids is 2. The first kappa shape index (κ1) is 23.3. The van der Waals surface area contributed by atoms with E-state index in [0.717, 1.165) is 24.3 Å². The van der Waals surface area contributed by atoms with Gasteiger partial charge in [0.05, 0.1) is 18.2 Å². The molecule has 2 amide bonds. The molecular weight excluding hydrogens is 448 g/mol. The highest BCUT2D eigenvalue weighted by Crippen LogP contribution is 2.32. The third-order valence-electron chi connectivity index (χ3n) is 4.57. The number of halogens is 5.